The van der Waals surface area contributed by atoms with E-state index in [1.165, 1.54) is 43.2 Å². The summed E-state index contributed by atoms with van der Waals surface area (Å²) in [5, 5.41) is 14.0. The summed E-state index contributed by atoms with van der Waals surface area (Å²) in [6.45, 7) is 0. The molecule has 1 heterocycles. The van der Waals surface area contributed by atoms with Crippen LogP contribution in [0.5, 0.6) is 0 Å². The number of hydrogen-bond acceptors (Lipinski definition) is 5. The summed E-state index contributed by atoms with van der Waals surface area (Å²) in [5.41, 5.74) is 6.51. The number of rotatable bonds is 5. The minimum Gasteiger partial charge on any atom is -0.370 e. The van der Waals surface area contributed by atoms with Gasteiger partial charge < -0.3 is 5.73 Å². The first-order valence-electron chi connectivity index (χ1n) is 8.08. The van der Waals surface area contributed by atoms with Crippen LogP contribution in [0.3, 0.4) is 0 Å². The van der Waals surface area contributed by atoms with Crippen LogP contribution in [0, 0.1) is 5.41 Å². The van der Waals surface area contributed by atoms with Crippen molar-refractivity contribution in [3.8, 4) is 5.69 Å². The fourth-order valence-electron chi connectivity index (χ4n) is 2.69. The fraction of sp³-hybridized carbons (Fsp3) is 0.312. The lowest BCUT2D eigenvalue weighted by molar-refractivity contribution is 0.0975. The highest BCUT2D eigenvalue weighted by atomic mass is 35.5. The van der Waals surface area contributed by atoms with Gasteiger partial charge in [-0.3, -0.25) is 15.5 Å². The summed E-state index contributed by atoms with van der Waals surface area (Å²) in [7, 11) is -0.774. The standard InChI is InChI=1S/C16H19ClN6O3S.ClH/c1-22(2)27(25,26)10-5-6-12(17)13(7-10)23-14(9-3-4-9)11(8-20-23)15(24)21-16(18)19;/h5-9H,3-4H2,1-2H3,(H4,18,19,21,24);1H. The van der Waals surface area contributed by atoms with Gasteiger partial charge in [-0.05, 0) is 31.0 Å². The molecule has 2 aromatic rings. The average molecular weight is 447 g/mol. The van der Waals surface area contributed by atoms with E-state index < -0.39 is 21.9 Å². The first-order chi connectivity index (χ1) is 12.6. The molecule has 0 unspecified atom stereocenters. The van der Waals surface area contributed by atoms with Gasteiger partial charge >= 0.3 is 0 Å². The number of halogens is 2. The maximum atomic E-state index is 12.4. The van der Waals surface area contributed by atoms with Crippen molar-refractivity contribution < 1.29 is 13.2 Å². The summed E-state index contributed by atoms with van der Waals surface area (Å²) in [4.78, 5) is 12.4. The number of guanidine groups is 1. The Morgan fingerprint density at radius 2 is 2.04 bits per heavy atom. The molecule has 1 saturated carbocycles. The number of benzene rings is 1. The van der Waals surface area contributed by atoms with Gasteiger partial charge in [-0.15, -0.1) is 12.4 Å². The largest absolute Gasteiger partial charge is 0.370 e. The van der Waals surface area contributed by atoms with Gasteiger partial charge in [0, 0.05) is 20.0 Å². The van der Waals surface area contributed by atoms with Gasteiger partial charge in [0.2, 0.25) is 10.0 Å². The van der Waals surface area contributed by atoms with Crippen molar-refractivity contribution in [3.63, 3.8) is 0 Å². The van der Waals surface area contributed by atoms with E-state index in [0.29, 0.717) is 16.4 Å². The van der Waals surface area contributed by atoms with Crippen molar-refractivity contribution in [1.29, 1.82) is 5.41 Å². The van der Waals surface area contributed by atoms with E-state index in [4.69, 9.17) is 22.7 Å². The highest BCUT2D eigenvalue weighted by Gasteiger charge is 2.33. The Morgan fingerprint density at radius 1 is 1.39 bits per heavy atom. The van der Waals surface area contributed by atoms with E-state index in [1.54, 1.807) is 0 Å². The molecule has 0 aliphatic heterocycles. The van der Waals surface area contributed by atoms with Gasteiger partial charge in [0.1, 0.15) is 0 Å². The van der Waals surface area contributed by atoms with Crippen molar-refractivity contribution in [2.75, 3.05) is 14.1 Å². The Hall–Kier alpha value is -2.14. The van der Waals surface area contributed by atoms with E-state index in [0.717, 1.165) is 17.1 Å². The van der Waals surface area contributed by atoms with Gasteiger partial charge in [-0.2, -0.15) is 5.10 Å². The van der Waals surface area contributed by atoms with Crippen LogP contribution in [0.1, 0.15) is 34.8 Å². The zero-order chi connectivity index (χ0) is 19.9. The SMILES string of the molecule is CN(C)S(=O)(=O)c1ccc(Cl)c(-n2ncc(C(=O)NC(=N)N)c2C2CC2)c1.Cl. The third kappa shape index (κ3) is 4.14. The molecule has 12 heteroatoms. The Bertz CT molecular complexity index is 1030. The maximum absolute atomic E-state index is 12.4. The van der Waals surface area contributed by atoms with Crippen LogP contribution in [0.4, 0.5) is 0 Å². The lowest BCUT2D eigenvalue weighted by atomic mass is 10.1. The Morgan fingerprint density at radius 3 is 2.57 bits per heavy atom. The highest BCUT2D eigenvalue weighted by molar-refractivity contribution is 7.89. The van der Waals surface area contributed by atoms with Crippen LogP contribution >= 0.6 is 24.0 Å². The number of carbonyl (C=O) groups excluding carboxylic acids is 1. The third-order valence-corrected chi connectivity index (χ3v) is 6.32. The Balaban J connectivity index is 0.00000280. The molecule has 4 N–H and O–H groups in total. The molecule has 0 saturated heterocycles. The maximum Gasteiger partial charge on any atom is 0.261 e. The van der Waals surface area contributed by atoms with Gasteiger partial charge in [-0.1, -0.05) is 11.6 Å². The zero-order valence-electron chi connectivity index (χ0n) is 15.1. The predicted octanol–water partition coefficient (Wildman–Crippen LogP) is 1.70. The molecule has 0 radical (unpaired) electrons. The first-order valence-corrected chi connectivity index (χ1v) is 9.90. The lowest BCUT2D eigenvalue weighted by Crippen LogP contribution is -2.36. The normalized spacial score (nSPS) is 13.9. The van der Waals surface area contributed by atoms with Crippen molar-refractivity contribution in [3.05, 3.63) is 40.7 Å². The molecule has 1 aromatic heterocycles. The molecule has 1 amide bonds. The molecule has 0 atom stereocenters. The average Bonchev–Trinajstić information content (AvgIpc) is 3.32. The summed E-state index contributed by atoms with van der Waals surface area (Å²) in [5.74, 6) is -0.902. The summed E-state index contributed by atoms with van der Waals surface area (Å²) >= 11 is 6.31. The van der Waals surface area contributed by atoms with Crippen LogP contribution in [0.2, 0.25) is 5.02 Å². The number of nitrogens with two attached hydrogens (primary N) is 1. The molecule has 28 heavy (non-hydrogen) atoms. The number of carbonyl (C=O) groups is 1. The predicted molar refractivity (Wildman–Crippen MR) is 108 cm³/mol. The topological polar surface area (TPSA) is 134 Å². The number of nitrogens with zero attached hydrogens (tertiary/aromatic N) is 3. The summed E-state index contributed by atoms with van der Waals surface area (Å²) in [6, 6.07) is 4.34. The first kappa shape index (κ1) is 22.2. The molecular formula is C16H20Cl2N6O3S. The number of sulfonamides is 1. The molecule has 0 bridgehead atoms. The quantitative estimate of drug-likeness (QED) is 0.474. The number of hydrogen-bond donors (Lipinski definition) is 3. The second kappa shape index (κ2) is 8.08. The van der Waals surface area contributed by atoms with E-state index in [1.807, 2.05) is 0 Å². The zero-order valence-corrected chi connectivity index (χ0v) is 17.5. The molecule has 1 aliphatic rings. The minimum absolute atomic E-state index is 0. The highest BCUT2D eigenvalue weighted by Crippen LogP contribution is 2.43. The molecule has 0 spiro atoms. The molecular weight excluding hydrogens is 427 g/mol. The van der Waals surface area contributed by atoms with E-state index >= 15 is 0 Å². The van der Waals surface area contributed by atoms with Crippen LogP contribution < -0.4 is 11.1 Å². The molecule has 3 rings (SSSR count). The molecule has 1 aliphatic carbocycles. The Labute approximate surface area is 173 Å². The van der Waals surface area contributed by atoms with Crippen LogP contribution in [-0.2, 0) is 10.0 Å². The molecule has 152 valence electrons. The van der Waals surface area contributed by atoms with Crippen molar-refractivity contribution in [2.24, 2.45) is 5.73 Å². The summed E-state index contributed by atoms with van der Waals surface area (Å²) in [6.07, 6.45) is 3.12. The van der Waals surface area contributed by atoms with Gasteiger partial charge in [0.15, 0.2) is 5.96 Å². The van der Waals surface area contributed by atoms with E-state index in [2.05, 4.69) is 10.4 Å². The van der Waals surface area contributed by atoms with Gasteiger partial charge in [0.25, 0.3) is 5.91 Å². The minimum atomic E-state index is -3.66. The molecule has 1 fully saturated rings. The van der Waals surface area contributed by atoms with Crippen molar-refractivity contribution in [1.82, 2.24) is 19.4 Å². The lowest BCUT2D eigenvalue weighted by Gasteiger charge is -2.15. The van der Waals surface area contributed by atoms with Crippen LogP contribution in [0.15, 0.2) is 29.3 Å². The van der Waals surface area contributed by atoms with Gasteiger partial charge in [-0.25, -0.2) is 17.4 Å². The second-order valence-electron chi connectivity index (χ2n) is 6.40. The monoisotopic (exact) mass is 446 g/mol. The van der Waals surface area contributed by atoms with Crippen molar-refractivity contribution in [2.45, 2.75) is 23.7 Å². The van der Waals surface area contributed by atoms with E-state index in [-0.39, 0.29) is 28.8 Å². The fourth-order valence-corrected chi connectivity index (χ4v) is 3.81. The number of amides is 1. The van der Waals surface area contributed by atoms with E-state index in [9.17, 15) is 13.2 Å². The summed E-state index contributed by atoms with van der Waals surface area (Å²) < 4.78 is 27.5. The number of nitrogens with one attached hydrogen (secondary N) is 2. The molecule has 9 nitrogen and oxygen atoms in total. The van der Waals surface area contributed by atoms with Crippen LogP contribution in [-0.4, -0.2) is 48.5 Å². The number of aromatic nitrogens is 2. The second-order valence-corrected chi connectivity index (χ2v) is 8.96. The third-order valence-electron chi connectivity index (χ3n) is 4.19. The van der Waals surface area contributed by atoms with Gasteiger partial charge in [0.05, 0.1) is 33.1 Å². The Kier molecular flexibility index (Phi) is 6.39. The van der Waals surface area contributed by atoms with Crippen molar-refractivity contribution >= 4 is 45.9 Å². The smallest absolute Gasteiger partial charge is 0.261 e. The molecule has 1 aromatic carbocycles. The van der Waals surface area contributed by atoms with Crippen LogP contribution in [0.25, 0.3) is 5.69 Å².